The van der Waals surface area contributed by atoms with Gasteiger partial charge in [-0.15, -0.1) is 0 Å². The van der Waals surface area contributed by atoms with E-state index in [9.17, 15) is 15.3 Å². The quantitative estimate of drug-likeness (QED) is 0.614. The van der Waals surface area contributed by atoms with Crippen LogP contribution in [0.1, 0.15) is 5.56 Å². The maximum Gasteiger partial charge on any atom is 0.132 e. The van der Waals surface area contributed by atoms with E-state index in [1.807, 2.05) is 60.7 Å². The van der Waals surface area contributed by atoms with E-state index >= 15 is 0 Å². The van der Waals surface area contributed by atoms with Crippen molar-refractivity contribution in [2.24, 2.45) is 5.10 Å². The predicted octanol–water partition coefficient (Wildman–Crippen LogP) is 1.00. The van der Waals surface area contributed by atoms with Gasteiger partial charge in [-0.05, 0) is 12.1 Å². The van der Waals surface area contributed by atoms with Crippen molar-refractivity contribution in [3.8, 4) is 0 Å². The zero-order chi connectivity index (χ0) is 17.8. The van der Waals surface area contributed by atoms with Gasteiger partial charge in [-0.25, -0.2) is 5.01 Å². The Balaban J connectivity index is 1.92. The van der Waals surface area contributed by atoms with Crippen LogP contribution in [0.5, 0.6) is 0 Å². The summed E-state index contributed by atoms with van der Waals surface area (Å²) < 4.78 is 0. The summed E-state index contributed by atoms with van der Waals surface area (Å²) in [6.07, 6.45) is -4.22. The fourth-order valence-corrected chi connectivity index (χ4v) is 3.76. The van der Waals surface area contributed by atoms with Crippen LogP contribution in [0.2, 0.25) is 0 Å². The van der Waals surface area contributed by atoms with Crippen LogP contribution in [0.3, 0.4) is 0 Å². The Bertz CT molecular complexity index is 714. The Morgan fingerprint density at radius 3 is 2.16 bits per heavy atom. The van der Waals surface area contributed by atoms with E-state index in [-0.39, 0.29) is 0 Å². The first-order valence-electron chi connectivity index (χ1n) is 7.92. The van der Waals surface area contributed by atoms with Gasteiger partial charge in [0.05, 0.1) is 12.3 Å². The highest BCUT2D eigenvalue weighted by atomic mass is 32.2. The van der Waals surface area contributed by atoms with Crippen LogP contribution in [0.4, 0.5) is 5.69 Å². The number of para-hydroxylation sites is 1. The second-order valence-corrected chi connectivity index (χ2v) is 6.80. The molecule has 1 heterocycles. The van der Waals surface area contributed by atoms with Gasteiger partial charge < -0.3 is 20.4 Å². The number of hydrazone groups is 1. The van der Waals surface area contributed by atoms with Gasteiger partial charge in [0.2, 0.25) is 0 Å². The van der Waals surface area contributed by atoms with Crippen molar-refractivity contribution in [3.63, 3.8) is 0 Å². The first kappa shape index (κ1) is 17.9. The molecule has 0 saturated heterocycles. The summed E-state index contributed by atoms with van der Waals surface area (Å²) >= 11 is 1.30. The molecule has 0 spiro atoms. The lowest BCUT2D eigenvalue weighted by atomic mass is 10.1. The zero-order valence-corrected chi connectivity index (χ0v) is 14.2. The molecule has 2 aromatic carbocycles. The smallest absolute Gasteiger partial charge is 0.132 e. The van der Waals surface area contributed by atoms with Crippen LogP contribution < -0.4 is 5.01 Å². The van der Waals surface area contributed by atoms with Crippen molar-refractivity contribution in [1.29, 1.82) is 0 Å². The Labute approximate surface area is 150 Å². The molecule has 7 heteroatoms. The van der Waals surface area contributed by atoms with Crippen molar-refractivity contribution >= 4 is 22.5 Å². The average molecular weight is 360 g/mol. The minimum atomic E-state index is -1.49. The largest absolute Gasteiger partial charge is 0.394 e. The second kappa shape index (κ2) is 7.99. The van der Waals surface area contributed by atoms with Crippen molar-refractivity contribution in [3.05, 3.63) is 66.2 Å². The molecule has 0 fully saturated rings. The van der Waals surface area contributed by atoms with E-state index in [2.05, 4.69) is 5.10 Å². The number of rotatable bonds is 6. The van der Waals surface area contributed by atoms with Gasteiger partial charge >= 0.3 is 0 Å². The lowest BCUT2D eigenvalue weighted by molar-refractivity contribution is -0.0759. The van der Waals surface area contributed by atoms with Gasteiger partial charge in [0.25, 0.3) is 0 Å². The van der Waals surface area contributed by atoms with Gasteiger partial charge in [0.15, 0.2) is 0 Å². The molecule has 0 radical (unpaired) electrons. The molecule has 4 atom stereocenters. The number of aliphatic hydroxyl groups is 4. The molecule has 1 aliphatic rings. The average Bonchev–Trinajstić information content (AvgIpc) is 3.13. The lowest BCUT2D eigenvalue weighted by Gasteiger charge is -2.31. The van der Waals surface area contributed by atoms with Crippen molar-refractivity contribution < 1.29 is 20.4 Å². The molecule has 2 aromatic rings. The zero-order valence-electron chi connectivity index (χ0n) is 13.4. The van der Waals surface area contributed by atoms with Crippen molar-refractivity contribution in [2.75, 3.05) is 11.6 Å². The number of thioether (sulfide) groups is 1. The fraction of sp³-hybridized carbons (Fsp3) is 0.278. The third-order valence-electron chi connectivity index (χ3n) is 3.94. The monoisotopic (exact) mass is 360 g/mol. The van der Waals surface area contributed by atoms with Gasteiger partial charge in [-0.1, -0.05) is 60.3 Å². The van der Waals surface area contributed by atoms with Crippen molar-refractivity contribution in [1.82, 2.24) is 0 Å². The Morgan fingerprint density at radius 1 is 0.960 bits per heavy atom. The molecule has 25 heavy (non-hydrogen) atoms. The number of hydrogen-bond acceptors (Lipinski definition) is 7. The van der Waals surface area contributed by atoms with Gasteiger partial charge in [-0.2, -0.15) is 5.10 Å². The van der Waals surface area contributed by atoms with Crippen LogP contribution >= 0.6 is 11.8 Å². The van der Waals surface area contributed by atoms with Crippen LogP contribution in [-0.2, 0) is 0 Å². The Morgan fingerprint density at radius 2 is 1.56 bits per heavy atom. The van der Waals surface area contributed by atoms with E-state index in [0.717, 1.165) is 11.3 Å². The summed E-state index contributed by atoms with van der Waals surface area (Å²) in [4.78, 5) is 0. The third kappa shape index (κ3) is 3.86. The Hall–Kier alpha value is -1.90. The normalized spacial score (nSPS) is 20.9. The SMILES string of the molecule is OC[C@@H](O)[C@@H](O)[C@H](O)[C@H]1SC(c2ccccc2)=NN1c1ccccc1. The van der Waals surface area contributed by atoms with Crippen LogP contribution in [0.25, 0.3) is 0 Å². The molecule has 0 amide bonds. The third-order valence-corrected chi connectivity index (χ3v) is 5.20. The molecule has 0 aromatic heterocycles. The molecule has 0 bridgehead atoms. The fourth-order valence-electron chi connectivity index (χ4n) is 2.55. The van der Waals surface area contributed by atoms with Crippen LogP contribution in [0, 0.1) is 0 Å². The highest BCUT2D eigenvalue weighted by Crippen LogP contribution is 2.36. The standard InChI is InChI=1S/C18H20N2O4S/c21-11-14(22)15(23)16(24)18-20(13-9-5-2-6-10-13)19-17(25-18)12-7-3-1-4-8-12/h1-10,14-16,18,21-24H,11H2/t14-,15-,16+,18-/m1/s1. The predicted molar refractivity (Wildman–Crippen MR) is 98.4 cm³/mol. The van der Waals surface area contributed by atoms with Crippen LogP contribution in [0.15, 0.2) is 65.8 Å². The summed E-state index contributed by atoms with van der Waals surface area (Å²) in [5, 5.41) is 45.7. The molecular formula is C18H20N2O4S. The summed E-state index contributed by atoms with van der Waals surface area (Å²) in [5.41, 5.74) is 1.66. The van der Waals surface area contributed by atoms with Gasteiger partial charge in [0.1, 0.15) is 28.7 Å². The minimum absolute atomic E-state index is 0.631. The first-order valence-corrected chi connectivity index (χ1v) is 8.80. The first-order chi connectivity index (χ1) is 12.1. The van der Waals surface area contributed by atoms with E-state index in [0.29, 0.717) is 5.04 Å². The van der Waals surface area contributed by atoms with Gasteiger partial charge in [0, 0.05) is 5.56 Å². The maximum atomic E-state index is 10.6. The summed E-state index contributed by atoms with van der Waals surface area (Å²) in [5.74, 6) is 0. The van der Waals surface area contributed by atoms with E-state index in [1.165, 1.54) is 11.8 Å². The lowest BCUT2D eigenvalue weighted by Crippen LogP contribution is -2.49. The molecule has 0 aliphatic carbocycles. The number of nitrogens with zero attached hydrogens (tertiary/aromatic N) is 2. The maximum absolute atomic E-state index is 10.6. The summed E-state index contributed by atoms with van der Waals surface area (Å²) in [6.45, 7) is -0.632. The topological polar surface area (TPSA) is 96.5 Å². The molecule has 1 aliphatic heterocycles. The number of hydrogen-bond donors (Lipinski definition) is 4. The minimum Gasteiger partial charge on any atom is -0.394 e. The highest BCUT2D eigenvalue weighted by Gasteiger charge is 2.40. The van der Waals surface area contributed by atoms with E-state index < -0.39 is 30.3 Å². The van der Waals surface area contributed by atoms with E-state index in [4.69, 9.17) is 5.11 Å². The van der Waals surface area contributed by atoms with E-state index in [1.54, 1.807) is 5.01 Å². The molecule has 4 N–H and O–H groups in total. The molecule has 132 valence electrons. The summed E-state index contributed by atoms with van der Waals surface area (Å²) in [6, 6.07) is 18.9. The highest BCUT2D eigenvalue weighted by molar-refractivity contribution is 8.15. The van der Waals surface area contributed by atoms with Gasteiger partial charge in [-0.3, -0.25) is 0 Å². The number of anilines is 1. The molecule has 3 rings (SSSR count). The number of benzene rings is 2. The molecular weight excluding hydrogens is 340 g/mol. The second-order valence-electron chi connectivity index (χ2n) is 5.69. The Kier molecular flexibility index (Phi) is 5.72. The molecule has 0 unspecified atom stereocenters. The summed E-state index contributed by atoms with van der Waals surface area (Å²) in [7, 11) is 0. The van der Waals surface area contributed by atoms with Crippen molar-refractivity contribution in [2.45, 2.75) is 23.7 Å². The van der Waals surface area contributed by atoms with Crippen LogP contribution in [-0.4, -0.2) is 55.8 Å². The number of aliphatic hydroxyl groups excluding tert-OH is 4. The molecule has 6 nitrogen and oxygen atoms in total. The molecule has 0 saturated carbocycles.